The third kappa shape index (κ3) is 1.46. The fourth-order valence-corrected chi connectivity index (χ4v) is 0.702. The molecule has 0 aliphatic heterocycles. The molecule has 0 saturated carbocycles. The summed E-state index contributed by atoms with van der Waals surface area (Å²) in [5, 5.41) is 0. The molecule has 1 aromatic carbocycles. The second-order valence-corrected chi connectivity index (χ2v) is 1.95. The first-order chi connectivity index (χ1) is 4.84. The van der Waals surface area contributed by atoms with Crippen molar-refractivity contribution < 1.29 is 9.88 Å². The Kier molecular flexibility index (Phi) is 2.25. The lowest BCUT2D eigenvalue weighted by Gasteiger charge is -2.01. The van der Waals surface area contributed by atoms with Crippen LogP contribution in [0.3, 0.4) is 0 Å². The second-order valence-electron chi connectivity index (χ2n) is 1.95. The van der Waals surface area contributed by atoms with E-state index in [2.05, 4.69) is 9.88 Å². The molecule has 54 valence electrons. The zero-order valence-corrected chi connectivity index (χ0v) is 5.70. The van der Waals surface area contributed by atoms with E-state index in [1.807, 2.05) is 25.1 Å². The molecule has 0 aliphatic carbocycles. The maximum atomic E-state index is 4.71. The van der Waals surface area contributed by atoms with Gasteiger partial charge in [-0.1, -0.05) is 23.2 Å². The van der Waals surface area contributed by atoms with Gasteiger partial charge >= 0.3 is 0 Å². The lowest BCUT2D eigenvalue weighted by atomic mass is 10.2. The molecule has 1 rings (SSSR count). The van der Waals surface area contributed by atoms with Crippen molar-refractivity contribution in [2.45, 2.75) is 6.92 Å². The minimum Gasteiger partial charge on any atom is -0.319 e. The number of aryl methyl sites for hydroxylation is 1. The molecule has 0 aromatic heterocycles. The standard InChI is InChI=1S/C7H9NO2/c1-6-4-2-3-5-7(6)9-10-8/h2-5H,8H2,1H3. The number of para-hydroxylation sites is 1. The quantitative estimate of drug-likeness (QED) is 0.494. The van der Waals surface area contributed by atoms with Gasteiger partial charge in [0.05, 0.1) is 0 Å². The van der Waals surface area contributed by atoms with Gasteiger partial charge in [0.1, 0.15) is 0 Å². The van der Waals surface area contributed by atoms with Crippen molar-refractivity contribution in [3.63, 3.8) is 0 Å². The summed E-state index contributed by atoms with van der Waals surface area (Å²) in [6, 6.07) is 7.45. The minimum atomic E-state index is 0.644. The Labute approximate surface area is 59.2 Å². The molecule has 0 radical (unpaired) electrons. The van der Waals surface area contributed by atoms with Gasteiger partial charge < -0.3 is 4.89 Å². The van der Waals surface area contributed by atoms with E-state index in [4.69, 9.17) is 5.90 Å². The molecule has 0 aliphatic rings. The van der Waals surface area contributed by atoms with Crippen molar-refractivity contribution in [2.24, 2.45) is 5.90 Å². The van der Waals surface area contributed by atoms with Crippen molar-refractivity contribution in [1.82, 2.24) is 0 Å². The van der Waals surface area contributed by atoms with Gasteiger partial charge in [-0.2, -0.15) is 5.90 Å². The summed E-state index contributed by atoms with van der Waals surface area (Å²) in [6.45, 7) is 1.91. The Hall–Kier alpha value is -1.06. The van der Waals surface area contributed by atoms with Crippen LogP contribution in [0, 0.1) is 6.92 Å². The molecule has 0 atom stereocenters. The number of rotatable bonds is 2. The topological polar surface area (TPSA) is 44.5 Å². The Morgan fingerprint density at radius 2 is 2.00 bits per heavy atom. The van der Waals surface area contributed by atoms with Gasteiger partial charge in [-0.25, -0.2) is 0 Å². The highest BCUT2D eigenvalue weighted by Gasteiger charge is 1.95. The van der Waals surface area contributed by atoms with E-state index >= 15 is 0 Å². The third-order valence-electron chi connectivity index (χ3n) is 1.23. The Morgan fingerprint density at radius 3 is 2.60 bits per heavy atom. The van der Waals surface area contributed by atoms with E-state index in [1.165, 1.54) is 0 Å². The molecule has 3 nitrogen and oxygen atoms in total. The first-order valence-corrected chi connectivity index (χ1v) is 2.93. The van der Waals surface area contributed by atoms with Gasteiger partial charge in [-0.05, 0) is 18.6 Å². The molecule has 0 bridgehead atoms. The summed E-state index contributed by atoms with van der Waals surface area (Å²) in [4.78, 5) is 8.62. The molecular formula is C7H9NO2. The van der Waals surface area contributed by atoms with Crippen LogP contribution in [-0.4, -0.2) is 0 Å². The summed E-state index contributed by atoms with van der Waals surface area (Å²) in [5.74, 6) is 5.35. The van der Waals surface area contributed by atoms with Crippen molar-refractivity contribution >= 4 is 0 Å². The number of hydrogen-bond acceptors (Lipinski definition) is 3. The van der Waals surface area contributed by atoms with Crippen LogP contribution >= 0.6 is 0 Å². The van der Waals surface area contributed by atoms with Crippen LogP contribution in [0.25, 0.3) is 0 Å². The van der Waals surface area contributed by atoms with Gasteiger partial charge in [0.15, 0.2) is 5.75 Å². The van der Waals surface area contributed by atoms with E-state index in [0.717, 1.165) is 5.56 Å². The summed E-state index contributed by atoms with van der Waals surface area (Å²) < 4.78 is 0. The zero-order chi connectivity index (χ0) is 7.40. The largest absolute Gasteiger partial charge is 0.319 e. The fourth-order valence-electron chi connectivity index (χ4n) is 0.702. The average Bonchev–Trinajstić information content (AvgIpc) is 1.94. The molecular weight excluding hydrogens is 130 g/mol. The van der Waals surface area contributed by atoms with E-state index in [1.54, 1.807) is 6.07 Å². The van der Waals surface area contributed by atoms with Crippen LogP contribution in [0.15, 0.2) is 24.3 Å². The molecule has 10 heavy (non-hydrogen) atoms. The van der Waals surface area contributed by atoms with Crippen LogP contribution in [0.5, 0.6) is 5.75 Å². The summed E-state index contributed by atoms with van der Waals surface area (Å²) in [6.07, 6.45) is 0. The first kappa shape index (κ1) is 7.05. The lowest BCUT2D eigenvalue weighted by molar-refractivity contribution is -0.211. The fraction of sp³-hybridized carbons (Fsp3) is 0.143. The van der Waals surface area contributed by atoms with Crippen LogP contribution in [0.1, 0.15) is 5.56 Å². The molecule has 0 unspecified atom stereocenters. The maximum absolute atomic E-state index is 4.71. The van der Waals surface area contributed by atoms with Gasteiger partial charge in [0.2, 0.25) is 0 Å². The SMILES string of the molecule is Cc1ccccc1OON. The highest BCUT2D eigenvalue weighted by Crippen LogP contribution is 2.15. The Morgan fingerprint density at radius 1 is 1.30 bits per heavy atom. The maximum Gasteiger partial charge on any atom is 0.170 e. The summed E-state index contributed by atoms with van der Waals surface area (Å²) >= 11 is 0. The van der Waals surface area contributed by atoms with E-state index in [0.29, 0.717) is 5.75 Å². The van der Waals surface area contributed by atoms with Crippen LogP contribution in [0.2, 0.25) is 0 Å². The molecule has 0 spiro atoms. The normalized spacial score (nSPS) is 9.40. The monoisotopic (exact) mass is 139 g/mol. The molecule has 3 heteroatoms. The Bertz CT molecular complexity index is 213. The average molecular weight is 139 g/mol. The Balaban J connectivity index is 2.81. The molecule has 0 saturated heterocycles. The van der Waals surface area contributed by atoms with E-state index < -0.39 is 0 Å². The lowest BCUT2D eigenvalue weighted by Crippen LogP contribution is -2.03. The first-order valence-electron chi connectivity index (χ1n) is 2.93. The zero-order valence-electron chi connectivity index (χ0n) is 5.70. The van der Waals surface area contributed by atoms with E-state index in [9.17, 15) is 0 Å². The predicted molar refractivity (Wildman–Crippen MR) is 37.1 cm³/mol. The summed E-state index contributed by atoms with van der Waals surface area (Å²) in [5.41, 5.74) is 0.993. The smallest absolute Gasteiger partial charge is 0.170 e. The predicted octanol–water partition coefficient (Wildman–Crippen LogP) is 1.18. The van der Waals surface area contributed by atoms with Crippen molar-refractivity contribution in [1.29, 1.82) is 0 Å². The third-order valence-corrected chi connectivity index (χ3v) is 1.23. The van der Waals surface area contributed by atoms with Crippen molar-refractivity contribution in [3.8, 4) is 5.75 Å². The van der Waals surface area contributed by atoms with Crippen LogP contribution in [-0.2, 0) is 4.99 Å². The second kappa shape index (κ2) is 3.20. The molecule has 0 fully saturated rings. The van der Waals surface area contributed by atoms with E-state index in [-0.39, 0.29) is 0 Å². The minimum absolute atomic E-state index is 0.644. The van der Waals surface area contributed by atoms with Gasteiger partial charge in [0, 0.05) is 0 Å². The van der Waals surface area contributed by atoms with Gasteiger partial charge in [-0.3, -0.25) is 0 Å². The molecule has 0 heterocycles. The number of hydrogen-bond donors (Lipinski definition) is 1. The molecule has 0 amide bonds. The van der Waals surface area contributed by atoms with Crippen molar-refractivity contribution in [2.75, 3.05) is 0 Å². The highest BCUT2D eigenvalue weighted by atomic mass is 17.3. The highest BCUT2D eigenvalue weighted by molar-refractivity contribution is 5.30. The molecule has 2 N–H and O–H groups in total. The number of benzene rings is 1. The van der Waals surface area contributed by atoms with Gasteiger partial charge in [0.25, 0.3) is 0 Å². The number of nitrogens with two attached hydrogens (primary N) is 1. The molecule has 1 aromatic rings. The van der Waals surface area contributed by atoms with Crippen LogP contribution in [0.4, 0.5) is 0 Å². The summed E-state index contributed by atoms with van der Waals surface area (Å²) in [7, 11) is 0. The van der Waals surface area contributed by atoms with Crippen LogP contribution < -0.4 is 10.8 Å². The van der Waals surface area contributed by atoms with Crippen molar-refractivity contribution in [3.05, 3.63) is 29.8 Å². The van der Waals surface area contributed by atoms with Gasteiger partial charge in [-0.15, -0.1) is 0 Å².